The number of carbonyl (C=O) groups is 1. The highest BCUT2D eigenvalue weighted by molar-refractivity contribution is 6.20. The molecule has 4 heteroatoms. The summed E-state index contributed by atoms with van der Waals surface area (Å²) in [5.74, 6) is 1.72. The molecule has 0 saturated heterocycles. The summed E-state index contributed by atoms with van der Waals surface area (Å²) in [7, 11) is 0. The van der Waals surface area contributed by atoms with Crippen molar-refractivity contribution in [3.05, 3.63) is 11.8 Å². The van der Waals surface area contributed by atoms with E-state index >= 15 is 0 Å². The number of aliphatic hydroxyl groups excluding tert-OH is 1. The van der Waals surface area contributed by atoms with Gasteiger partial charge in [-0.3, -0.25) is 4.79 Å². The second-order valence-corrected chi connectivity index (χ2v) is 6.63. The van der Waals surface area contributed by atoms with E-state index in [4.69, 9.17) is 5.41 Å². The fraction of sp³-hybridized carbons (Fsp3) is 0.750. The van der Waals surface area contributed by atoms with Gasteiger partial charge < -0.3 is 15.8 Å². The number of hydrogen-bond donors (Lipinski definition) is 3. The first-order chi connectivity index (χ1) is 9.45. The minimum absolute atomic E-state index is 0.0721. The van der Waals surface area contributed by atoms with Crippen LogP contribution in [0.1, 0.15) is 46.5 Å². The monoisotopic (exact) mass is 278 g/mol. The van der Waals surface area contributed by atoms with Crippen molar-refractivity contribution in [1.29, 1.82) is 5.41 Å². The van der Waals surface area contributed by atoms with E-state index in [1.54, 1.807) is 0 Å². The average molecular weight is 278 g/mol. The number of amides is 1. The van der Waals surface area contributed by atoms with Crippen LogP contribution in [-0.4, -0.2) is 22.8 Å². The molecule has 0 aromatic rings. The Labute approximate surface area is 121 Å². The molecule has 0 aliphatic heterocycles. The smallest absolute Gasteiger partial charge is 0.256 e. The zero-order chi connectivity index (χ0) is 14.9. The van der Waals surface area contributed by atoms with E-state index in [2.05, 4.69) is 12.2 Å². The molecule has 0 heterocycles. The molecule has 1 amide bonds. The quantitative estimate of drug-likeness (QED) is 0.380. The summed E-state index contributed by atoms with van der Waals surface area (Å²) >= 11 is 0. The number of nitrogens with one attached hydrogen (secondary N) is 2. The molecule has 1 atom stereocenters. The molecule has 1 unspecified atom stereocenters. The number of aliphatic hydroxyl groups is 1. The third-order valence-corrected chi connectivity index (χ3v) is 4.51. The third kappa shape index (κ3) is 3.41. The zero-order valence-electron chi connectivity index (χ0n) is 12.6. The molecular weight excluding hydrogens is 252 g/mol. The van der Waals surface area contributed by atoms with Crippen molar-refractivity contribution in [2.24, 2.45) is 23.7 Å². The van der Waals surface area contributed by atoms with Gasteiger partial charge >= 0.3 is 0 Å². The van der Waals surface area contributed by atoms with Crippen LogP contribution >= 0.6 is 0 Å². The van der Waals surface area contributed by atoms with E-state index in [9.17, 15) is 9.90 Å². The Kier molecular flexibility index (Phi) is 4.51. The van der Waals surface area contributed by atoms with Gasteiger partial charge in [-0.25, -0.2) is 0 Å². The maximum absolute atomic E-state index is 12.2. The van der Waals surface area contributed by atoms with Crippen LogP contribution in [0.2, 0.25) is 0 Å². The molecule has 0 bridgehead atoms. The van der Waals surface area contributed by atoms with Crippen LogP contribution in [0, 0.1) is 29.1 Å². The minimum Gasteiger partial charge on any atom is -0.515 e. The van der Waals surface area contributed by atoms with E-state index in [0.29, 0.717) is 5.92 Å². The molecule has 112 valence electrons. The van der Waals surface area contributed by atoms with E-state index in [1.165, 1.54) is 25.7 Å². The summed E-state index contributed by atoms with van der Waals surface area (Å²) in [6.45, 7) is 5.76. The Balaban J connectivity index is 1.97. The second-order valence-electron chi connectivity index (χ2n) is 6.63. The molecule has 20 heavy (non-hydrogen) atoms. The molecule has 4 nitrogen and oxygen atoms in total. The molecule has 2 rings (SSSR count). The maximum Gasteiger partial charge on any atom is 0.256 e. The molecule has 2 saturated carbocycles. The Morgan fingerprint density at radius 1 is 1.20 bits per heavy atom. The Morgan fingerprint density at radius 2 is 1.70 bits per heavy atom. The van der Waals surface area contributed by atoms with Gasteiger partial charge in [-0.2, -0.15) is 0 Å². The lowest BCUT2D eigenvalue weighted by atomic mass is 9.90. The fourth-order valence-corrected chi connectivity index (χ4v) is 3.11. The van der Waals surface area contributed by atoms with Crippen molar-refractivity contribution in [3.8, 4) is 0 Å². The molecule has 3 N–H and O–H groups in total. The predicted octanol–water partition coefficient (Wildman–Crippen LogP) is 3.04. The maximum atomic E-state index is 12.2. The lowest BCUT2D eigenvalue weighted by molar-refractivity contribution is -0.118. The number of rotatable bonds is 7. The molecular formula is C16H26N2O2. The highest BCUT2D eigenvalue weighted by atomic mass is 16.2. The molecule has 2 aliphatic carbocycles. The van der Waals surface area contributed by atoms with Crippen molar-refractivity contribution in [3.63, 3.8) is 0 Å². The van der Waals surface area contributed by atoms with Gasteiger partial charge in [0.25, 0.3) is 5.91 Å². The van der Waals surface area contributed by atoms with Gasteiger partial charge in [-0.05, 0) is 56.3 Å². The van der Waals surface area contributed by atoms with Crippen LogP contribution in [0.15, 0.2) is 11.8 Å². The molecule has 0 aromatic heterocycles. The Bertz CT molecular complexity index is 408. The average Bonchev–Trinajstić information content (AvgIpc) is 3.23. The van der Waals surface area contributed by atoms with Gasteiger partial charge in [0, 0.05) is 11.8 Å². The summed E-state index contributed by atoms with van der Waals surface area (Å²) in [5, 5.41) is 20.1. The summed E-state index contributed by atoms with van der Waals surface area (Å²) < 4.78 is 0. The minimum atomic E-state index is -0.315. The van der Waals surface area contributed by atoms with Gasteiger partial charge in [0.05, 0.1) is 11.8 Å². The van der Waals surface area contributed by atoms with Gasteiger partial charge in [-0.1, -0.05) is 13.8 Å². The van der Waals surface area contributed by atoms with E-state index < -0.39 is 0 Å². The third-order valence-electron chi connectivity index (χ3n) is 4.51. The van der Waals surface area contributed by atoms with E-state index in [-0.39, 0.29) is 29.2 Å². The zero-order valence-corrected chi connectivity index (χ0v) is 12.6. The van der Waals surface area contributed by atoms with E-state index in [1.807, 2.05) is 13.8 Å². The van der Waals surface area contributed by atoms with Crippen molar-refractivity contribution in [2.45, 2.75) is 52.5 Å². The van der Waals surface area contributed by atoms with Crippen molar-refractivity contribution in [2.75, 3.05) is 0 Å². The Morgan fingerprint density at radius 3 is 2.05 bits per heavy atom. The van der Waals surface area contributed by atoms with Gasteiger partial charge in [-0.15, -0.1) is 0 Å². The lowest BCUT2D eigenvalue weighted by Crippen LogP contribution is -2.42. The highest BCUT2D eigenvalue weighted by Gasteiger charge is 2.44. The van der Waals surface area contributed by atoms with Gasteiger partial charge in [0.15, 0.2) is 0 Å². The normalized spacial score (nSPS) is 21.1. The molecule has 0 aromatic carbocycles. The van der Waals surface area contributed by atoms with Gasteiger partial charge in [0.2, 0.25) is 0 Å². The standard InChI is InChI=1S/C16H26N2O2/c1-9(2)15(17)13(8-19)16(20)18-10(3)14(11-4-5-11)12-6-7-12/h8-12,14,17,19H,4-7H2,1-3H3,(H,18,20)/b13-8+,17-15?. The highest BCUT2D eigenvalue weighted by Crippen LogP contribution is 2.50. The lowest BCUT2D eigenvalue weighted by Gasteiger charge is -2.25. The Hall–Kier alpha value is -1.32. The van der Waals surface area contributed by atoms with Crippen LogP contribution in [0.4, 0.5) is 0 Å². The van der Waals surface area contributed by atoms with Crippen LogP contribution in [-0.2, 0) is 4.79 Å². The summed E-state index contributed by atoms with van der Waals surface area (Å²) in [6.07, 6.45) is 5.91. The summed E-state index contributed by atoms with van der Waals surface area (Å²) in [5.41, 5.74) is 0.281. The second kappa shape index (κ2) is 5.98. The molecule has 2 aliphatic rings. The SMILES string of the molecule is CC(C)C(=N)/C(=C\O)C(=O)NC(C)C(C1CC1)C1CC1. The summed E-state index contributed by atoms with van der Waals surface area (Å²) in [6, 6.07) is 0.123. The van der Waals surface area contributed by atoms with Crippen molar-refractivity contribution in [1.82, 2.24) is 5.32 Å². The van der Waals surface area contributed by atoms with Gasteiger partial charge in [0.1, 0.15) is 0 Å². The first kappa shape index (κ1) is 15.1. The van der Waals surface area contributed by atoms with Crippen LogP contribution in [0.25, 0.3) is 0 Å². The topological polar surface area (TPSA) is 73.2 Å². The first-order valence-corrected chi connectivity index (χ1v) is 7.69. The fourth-order valence-electron chi connectivity index (χ4n) is 3.11. The number of carbonyl (C=O) groups excluding carboxylic acids is 1. The largest absolute Gasteiger partial charge is 0.515 e. The predicted molar refractivity (Wildman–Crippen MR) is 79.8 cm³/mol. The number of hydrogen-bond acceptors (Lipinski definition) is 3. The van der Waals surface area contributed by atoms with Crippen molar-refractivity contribution < 1.29 is 9.90 Å². The van der Waals surface area contributed by atoms with Crippen LogP contribution < -0.4 is 5.32 Å². The molecule has 2 fully saturated rings. The molecule has 0 radical (unpaired) electrons. The van der Waals surface area contributed by atoms with E-state index in [0.717, 1.165) is 18.1 Å². The van der Waals surface area contributed by atoms with Crippen molar-refractivity contribution >= 4 is 11.6 Å². The summed E-state index contributed by atoms with van der Waals surface area (Å²) in [4.78, 5) is 12.2. The van der Waals surface area contributed by atoms with Crippen LogP contribution in [0.5, 0.6) is 0 Å². The van der Waals surface area contributed by atoms with Crippen LogP contribution in [0.3, 0.4) is 0 Å². The molecule has 0 spiro atoms. The first-order valence-electron chi connectivity index (χ1n) is 7.69.